The van der Waals surface area contributed by atoms with Crippen molar-refractivity contribution in [2.75, 3.05) is 0 Å². The van der Waals surface area contributed by atoms with Crippen LogP contribution in [0.1, 0.15) is 32.3 Å². The Morgan fingerprint density at radius 3 is 2.61 bits per heavy atom. The molecule has 3 unspecified atom stereocenters. The van der Waals surface area contributed by atoms with Crippen molar-refractivity contribution in [3.05, 3.63) is 58.6 Å². The number of aromatic amines is 1. The van der Waals surface area contributed by atoms with Gasteiger partial charge in [-0.3, -0.25) is 0 Å². The van der Waals surface area contributed by atoms with E-state index in [9.17, 15) is 0 Å². The SMILES string of the molecule is CC1(C)OC2CCC(Cc3ccc(Cl)cc3)C2O1.Clc1ncnc2[nH]ccc12. The Balaban J connectivity index is 0.000000162. The van der Waals surface area contributed by atoms with Gasteiger partial charge >= 0.3 is 0 Å². The second kappa shape index (κ2) is 7.99. The highest BCUT2D eigenvalue weighted by Crippen LogP contribution is 2.42. The minimum Gasteiger partial charge on any atom is -0.346 e. The number of nitrogens with one attached hydrogen (secondary N) is 1. The molecule has 1 aliphatic carbocycles. The zero-order valence-electron chi connectivity index (χ0n) is 15.9. The molecule has 148 valence electrons. The fourth-order valence-corrected chi connectivity index (χ4v) is 4.33. The number of hydrogen-bond acceptors (Lipinski definition) is 4. The van der Waals surface area contributed by atoms with E-state index >= 15 is 0 Å². The van der Waals surface area contributed by atoms with E-state index in [1.807, 2.05) is 32.0 Å². The van der Waals surface area contributed by atoms with Gasteiger partial charge < -0.3 is 14.5 Å². The lowest BCUT2D eigenvalue weighted by molar-refractivity contribution is -0.156. The molecule has 0 radical (unpaired) electrons. The van der Waals surface area contributed by atoms with Gasteiger partial charge in [-0.25, -0.2) is 9.97 Å². The van der Waals surface area contributed by atoms with Gasteiger partial charge in [0.25, 0.3) is 0 Å². The molecule has 7 heteroatoms. The van der Waals surface area contributed by atoms with Crippen LogP contribution >= 0.6 is 23.2 Å². The van der Waals surface area contributed by atoms with Crippen LogP contribution in [-0.2, 0) is 15.9 Å². The van der Waals surface area contributed by atoms with Crippen molar-refractivity contribution < 1.29 is 9.47 Å². The van der Waals surface area contributed by atoms with Crippen molar-refractivity contribution in [2.45, 2.75) is 51.1 Å². The first-order chi connectivity index (χ1) is 13.4. The summed E-state index contributed by atoms with van der Waals surface area (Å²) < 4.78 is 11.9. The molecule has 1 saturated carbocycles. The van der Waals surface area contributed by atoms with Crippen LogP contribution in [0.15, 0.2) is 42.9 Å². The van der Waals surface area contributed by atoms with Gasteiger partial charge in [0.15, 0.2) is 5.79 Å². The average Bonchev–Trinajstić information content (AvgIpc) is 3.33. The summed E-state index contributed by atoms with van der Waals surface area (Å²) in [6, 6.07) is 9.98. The van der Waals surface area contributed by atoms with Crippen LogP contribution < -0.4 is 0 Å². The summed E-state index contributed by atoms with van der Waals surface area (Å²) in [5.41, 5.74) is 2.11. The second-order valence-electron chi connectivity index (χ2n) is 7.71. The van der Waals surface area contributed by atoms with E-state index < -0.39 is 5.79 Å². The zero-order valence-corrected chi connectivity index (χ0v) is 17.4. The Bertz CT molecular complexity index is 942. The topological polar surface area (TPSA) is 60.0 Å². The third-order valence-corrected chi connectivity index (χ3v) is 5.78. The smallest absolute Gasteiger partial charge is 0.163 e. The van der Waals surface area contributed by atoms with Gasteiger partial charge in [-0.2, -0.15) is 0 Å². The average molecular weight is 420 g/mol. The van der Waals surface area contributed by atoms with E-state index in [4.69, 9.17) is 32.7 Å². The quantitative estimate of drug-likeness (QED) is 0.562. The molecule has 0 bridgehead atoms. The van der Waals surface area contributed by atoms with Crippen LogP contribution in [0.2, 0.25) is 10.2 Å². The van der Waals surface area contributed by atoms with Gasteiger partial charge in [0.2, 0.25) is 0 Å². The Labute approximate surface area is 174 Å². The number of ether oxygens (including phenoxy) is 2. The lowest BCUT2D eigenvalue weighted by atomic mass is 9.96. The van der Waals surface area contributed by atoms with Crippen molar-refractivity contribution in [3.8, 4) is 0 Å². The minimum atomic E-state index is -0.409. The number of fused-ring (bicyclic) bond motifs is 2. The number of halogens is 2. The normalized spacial score (nSPS) is 25.4. The summed E-state index contributed by atoms with van der Waals surface area (Å²) in [7, 11) is 0. The third kappa shape index (κ3) is 4.33. The molecule has 5 nitrogen and oxygen atoms in total. The number of benzene rings is 1. The van der Waals surface area contributed by atoms with E-state index in [2.05, 4.69) is 27.1 Å². The molecule has 3 heterocycles. The molecule has 28 heavy (non-hydrogen) atoms. The number of aromatic nitrogens is 3. The van der Waals surface area contributed by atoms with Gasteiger partial charge in [0, 0.05) is 11.2 Å². The third-order valence-electron chi connectivity index (χ3n) is 5.22. The summed E-state index contributed by atoms with van der Waals surface area (Å²) in [5, 5.41) is 2.15. The highest BCUT2D eigenvalue weighted by atomic mass is 35.5. The first-order valence-electron chi connectivity index (χ1n) is 9.45. The van der Waals surface area contributed by atoms with E-state index in [1.54, 1.807) is 6.20 Å². The van der Waals surface area contributed by atoms with Crippen LogP contribution in [0.5, 0.6) is 0 Å². The number of nitrogens with zero attached hydrogens (tertiary/aromatic N) is 2. The molecule has 1 N–H and O–H groups in total. The minimum absolute atomic E-state index is 0.260. The molecule has 5 rings (SSSR count). The molecular formula is C21H23Cl2N3O2. The molecule has 1 aliphatic heterocycles. The van der Waals surface area contributed by atoms with Crippen molar-refractivity contribution in [1.82, 2.24) is 15.0 Å². The van der Waals surface area contributed by atoms with Crippen molar-refractivity contribution >= 4 is 34.2 Å². The first kappa shape index (κ1) is 19.6. The highest BCUT2D eigenvalue weighted by molar-refractivity contribution is 6.33. The first-order valence-corrected chi connectivity index (χ1v) is 10.2. The molecule has 3 atom stereocenters. The summed E-state index contributed by atoms with van der Waals surface area (Å²) in [5.74, 6) is 0.159. The Morgan fingerprint density at radius 1 is 1.07 bits per heavy atom. The molecule has 3 aromatic rings. The summed E-state index contributed by atoms with van der Waals surface area (Å²) in [4.78, 5) is 10.7. The maximum absolute atomic E-state index is 6.03. The highest BCUT2D eigenvalue weighted by Gasteiger charge is 2.48. The van der Waals surface area contributed by atoms with Crippen molar-refractivity contribution in [2.24, 2.45) is 5.92 Å². The monoisotopic (exact) mass is 419 g/mol. The lowest BCUT2D eigenvalue weighted by Crippen LogP contribution is -2.26. The van der Waals surface area contributed by atoms with Gasteiger partial charge in [0.05, 0.1) is 17.6 Å². The summed E-state index contributed by atoms with van der Waals surface area (Å²) in [6.07, 6.45) is 7.12. The van der Waals surface area contributed by atoms with E-state index in [1.165, 1.54) is 18.3 Å². The predicted molar refractivity (Wildman–Crippen MR) is 111 cm³/mol. The van der Waals surface area contributed by atoms with Crippen LogP contribution in [0.25, 0.3) is 11.0 Å². The van der Waals surface area contributed by atoms with E-state index in [-0.39, 0.29) is 12.2 Å². The van der Waals surface area contributed by atoms with Crippen LogP contribution in [0.3, 0.4) is 0 Å². The maximum atomic E-state index is 6.03. The number of hydrogen-bond donors (Lipinski definition) is 1. The molecule has 1 saturated heterocycles. The van der Waals surface area contributed by atoms with Gasteiger partial charge in [-0.1, -0.05) is 35.3 Å². The summed E-state index contributed by atoms with van der Waals surface area (Å²) >= 11 is 11.6. The van der Waals surface area contributed by atoms with Crippen LogP contribution in [0.4, 0.5) is 0 Å². The Morgan fingerprint density at radius 2 is 1.86 bits per heavy atom. The zero-order chi connectivity index (χ0) is 19.7. The van der Waals surface area contributed by atoms with E-state index in [0.717, 1.165) is 28.9 Å². The Kier molecular flexibility index (Phi) is 5.61. The van der Waals surface area contributed by atoms with Crippen molar-refractivity contribution in [3.63, 3.8) is 0 Å². The second-order valence-corrected chi connectivity index (χ2v) is 8.51. The molecular weight excluding hydrogens is 397 g/mol. The molecule has 2 aliphatic rings. The standard InChI is InChI=1S/C15H19ClO2.C6H4ClN3/c1-15(2)17-13-8-5-11(14(13)18-15)9-10-3-6-12(16)7-4-10;7-5-4-1-2-8-6(4)10-3-9-5/h3-4,6-7,11,13-14H,5,8-9H2,1-2H3;1-3H,(H,8,9,10). The largest absolute Gasteiger partial charge is 0.346 e. The number of rotatable bonds is 2. The molecule has 2 fully saturated rings. The van der Waals surface area contributed by atoms with E-state index in [0.29, 0.717) is 11.1 Å². The van der Waals surface area contributed by atoms with Crippen molar-refractivity contribution in [1.29, 1.82) is 0 Å². The van der Waals surface area contributed by atoms with Gasteiger partial charge in [-0.15, -0.1) is 0 Å². The van der Waals surface area contributed by atoms with Gasteiger partial charge in [0.1, 0.15) is 17.1 Å². The molecule has 0 spiro atoms. The predicted octanol–water partition coefficient (Wildman–Crippen LogP) is 5.42. The molecule has 1 aromatic carbocycles. The fraction of sp³-hybridized carbons (Fsp3) is 0.429. The van der Waals surface area contributed by atoms with Gasteiger partial charge in [-0.05, 0) is 62.8 Å². The van der Waals surface area contributed by atoms with Crippen LogP contribution in [0, 0.1) is 5.92 Å². The summed E-state index contributed by atoms with van der Waals surface area (Å²) in [6.45, 7) is 4.01. The maximum Gasteiger partial charge on any atom is 0.163 e. The lowest BCUT2D eigenvalue weighted by Gasteiger charge is -2.21. The Hall–Kier alpha value is -1.66. The van der Waals surface area contributed by atoms with Crippen LogP contribution in [-0.4, -0.2) is 32.9 Å². The molecule has 0 amide bonds. The number of H-pyrrole nitrogens is 1. The molecule has 2 aromatic heterocycles. The fourth-order valence-electron chi connectivity index (χ4n) is 4.01.